The number of halogens is 1. The maximum absolute atomic E-state index is 12.4. The third-order valence-corrected chi connectivity index (χ3v) is 5.64. The topological polar surface area (TPSA) is 105 Å². The number of rotatable bonds is 4. The Morgan fingerprint density at radius 3 is 2.65 bits per heavy atom. The van der Waals surface area contributed by atoms with Crippen molar-refractivity contribution in [2.45, 2.75) is 19.3 Å². The van der Waals surface area contributed by atoms with E-state index >= 15 is 0 Å². The third kappa shape index (κ3) is 3.81. The van der Waals surface area contributed by atoms with Gasteiger partial charge in [-0.15, -0.1) is 0 Å². The van der Waals surface area contributed by atoms with Gasteiger partial charge in [0.25, 0.3) is 11.6 Å². The molecule has 1 aromatic rings. The molecule has 0 bridgehead atoms. The van der Waals surface area contributed by atoms with Crippen LogP contribution in [-0.4, -0.2) is 54.4 Å². The minimum atomic E-state index is -0.718. The fraction of sp³-hybridized carbons (Fsp3) is 0.529. The summed E-state index contributed by atoms with van der Waals surface area (Å²) in [5, 5.41) is 16.9. The van der Waals surface area contributed by atoms with Crippen LogP contribution >= 0.6 is 11.6 Å². The van der Waals surface area contributed by atoms with E-state index in [9.17, 15) is 19.7 Å². The van der Waals surface area contributed by atoms with Crippen molar-refractivity contribution in [1.29, 1.82) is 0 Å². The summed E-state index contributed by atoms with van der Waals surface area (Å²) in [5.74, 6) is -0.905. The molecule has 1 spiro atoms. The minimum Gasteiger partial charge on any atom is -0.343 e. The summed E-state index contributed by atoms with van der Waals surface area (Å²) in [6.45, 7) is 3.17. The number of piperidine rings is 1. The molecule has 3 rings (SSSR count). The van der Waals surface area contributed by atoms with E-state index < -0.39 is 10.8 Å². The molecule has 2 heterocycles. The van der Waals surface area contributed by atoms with Crippen molar-refractivity contribution in [1.82, 2.24) is 15.5 Å². The van der Waals surface area contributed by atoms with Gasteiger partial charge in [0.1, 0.15) is 5.56 Å². The Morgan fingerprint density at radius 1 is 1.31 bits per heavy atom. The lowest BCUT2D eigenvalue weighted by molar-refractivity contribution is -0.385. The quantitative estimate of drug-likeness (QED) is 0.609. The first-order chi connectivity index (χ1) is 12.4. The maximum atomic E-state index is 12.4. The Kier molecular flexibility index (Phi) is 5.43. The molecule has 9 heteroatoms. The van der Waals surface area contributed by atoms with Gasteiger partial charge >= 0.3 is 0 Å². The van der Waals surface area contributed by atoms with E-state index in [0.717, 1.165) is 32.4 Å². The first kappa shape index (κ1) is 18.6. The number of carbonyl (C=O) groups is 2. The van der Waals surface area contributed by atoms with E-state index in [0.29, 0.717) is 18.5 Å². The molecule has 0 saturated carbocycles. The van der Waals surface area contributed by atoms with Crippen molar-refractivity contribution >= 4 is 29.1 Å². The largest absolute Gasteiger partial charge is 0.343 e. The number of carbonyl (C=O) groups excluding carboxylic acids is 2. The molecule has 2 fully saturated rings. The number of nitro benzene ring substituents is 1. The van der Waals surface area contributed by atoms with E-state index in [1.165, 1.54) is 18.2 Å². The van der Waals surface area contributed by atoms with E-state index in [1.807, 2.05) is 0 Å². The van der Waals surface area contributed by atoms with Crippen molar-refractivity contribution < 1.29 is 14.5 Å². The average Bonchev–Trinajstić information content (AvgIpc) is 3.07. The van der Waals surface area contributed by atoms with Crippen LogP contribution in [0.25, 0.3) is 0 Å². The lowest BCUT2D eigenvalue weighted by atomic mass is 9.78. The summed E-state index contributed by atoms with van der Waals surface area (Å²) in [7, 11) is 0. The van der Waals surface area contributed by atoms with Gasteiger partial charge in [-0.1, -0.05) is 17.7 Å². The fourth-order valence-corrected chi connectivity index (χ4v) is 3.95. The van der Waals surface area contributed by atoms with E-state index in [2.05, 4.69) is 10.6 Å². The van der Waals surface area contributed by atoms with Gasteiger partial charge in [-0.3, -0.25) is 19.7 Å². The number of hydrogen-bond donors (Lipinski definition) is 2. The second kappa shape index (κ2) is 7.59. The smallest absolute Gasteiger partial charge is 0.283 e. The standard InChI is InChI=1S/C17H21ClN4O4/c18-12-2-1-3-13(22(25)26)15(12)16(24)20-10-14(23)21-8-5-17(6-9-21)4-7-19-11-17/h1-3,19H,4-11H2,(H,20,24). The predicted octanol–water partition coefficient (Wildman–Crippen LogP) is 1.58. The molecule has 0 atom stereocenters. The van der Waals surface area contributed by atoms with Crippen molar-refractivity contribution in [3.8, 4) is 0 Å². The van der Waals surface area contributed by atoms with Crippen LogP contribution in [0.2, 0.25) is 5.02 Å². The Morgan fingerprint density at radius 2 is 2.04 bits per heavy atom. The number of likely N-dealkylation sites (tertiary alicyclic amines) is 1. The summed E-state index contributed by atoms with van der Waals surface area (Å²) in [6, 6.07) is 4.02. The van der Waals surface area contributed by atoms with Crippen molar-refractivity contribution in [2.24, 2.45) is 5.41 Å². The van der Waals surface area contributed by atoms with Gasteiger partial charge in [-0.2, -0.15) is 0 Å². The van der Waals surface area contributed by atoms with Crippen LogP contribution in [0.4, 0.5) is 5.69 Å². The van der Waals surface area contributed by atoms with Gasteiger partial charge < -0.3 is 15.5 Å². The van der Waals surface area contributed by atoms with E-state index in [4.69, 9.17) is 11.6 Å². The molecule has 0 aromatic heterocycles. The summed E-state index contributed by atoms with van der Waals surface area (Å²) in [6.07, 6.45) is 3.05. The van der Waals surface area contributed by atoms with Gasteiger partial charge in [-0.05, 0) is 37.3 Å². The minimum absolute atomic E-state index is 0.0159. The van der Waals surface area contributed by atoms with Crippen molar-refractivity contribution in [3.63, 3.8) is 0 Å². The zero-order valence-electron chi connectivity index (χ0n) is 14.3. The number of nitro groups is 1. The average molecular weight is 381 g/mol. The number of nitrogens with one attached hydrogen (secondary N) is 2. The lowest BCUT2D eigenvalue weighted by Crippen LogP contribution is -2.47. The van der Waals surface area contributed by atoms with E-state index in [-0.39, 0.29) is 28.7 Å². The first-order valence-corrected chi connectivity index (χ1v) is 8.99. The molecule has 0 aliphatic carbocycles. The van der Waals surface area contributed by atoms with Crippen LogP contribution in [0.3, 0.4) is 0 Å². The molecule has 2 aliphatic rings. The SMILES string of the molecule is O=C(NCC(=O)N1CCC2(CCNC2)CC1)c1c(Cl)cccc1[N+](=O)[O-]. The predicted molar refractivity (Wildman–Crippen MR) is 96.2 cm³/mol. The molecular weight excluding hydrogens is 360 g/mol. The highest BCUT2D eigenvalue weighted by atomic mass is 35.5. The zero-order chi connectivity index (χ0) is 18.7. The van der Waals surface area contributed by atoms with Gasteiger partial charge in [0, 0.05) is 25.7 Å². The molecule has 2 N–H and O–H groups in total. The Labute approximate surface area is 156 Å². The summed E-state index contributed by atoms with van der Waals surface area (Å²) in [5.41, 5.74) is -0.296. The zero-order valence-corrected chi connectivity index (χ0v) is 15.1. The Balaban J connectivity index is 1.57. The Bertz CT molecular complexity index is 723. The molecule has 26 heavy (non-hydrogen) atoms. The highest BCUT2D eigenvalue weighted by Crippen LogP contribution is 2.36. The maximum Gasteiger partial charge on any atom is 0.283 e. The number of nitrogens with zero attached hydrogens (tertiary/aromatic N) is 2. The van der Waals surface area contributed by atoms with Crippen LogP contribution in [0.1, 0.15) is 29.6 Å². The molecule has 0 unspecified atom stereocenters. The van der Waals surface area contributed by atoms with Crippen LogP contribution in [0.5, 0.6) is 0 Å². The summed E-state index contributed by atoms with van der Waals surface area (Å²) in [4.78, 5) is 36.8. The summed E-state index contributed by atoms with van der Waals surface area (Å²) < 4.78 is 0. The fourth-order valence-electron chi connectivity index (χ4n) is 3.70. The molecule has 2 aliphatic heterocycles. The lowest BCUT2D eigenvalue weighted by Gasteiger charge is -2.38. The number of benzene rings is 1. The van der Waals surface area contributed by atoms with E-state index in [1.54, 1.807) is 4.90 Å². The van der Waals surface area contributed by atoms with Gasteiger partial charge in [0.05, 0.1) is 16.5 Å². The second-order valence-corrected chi connectivity index (χ2v) is 7.29. The van der Waals surface area contributed by atoms with Crippen LogP contribution in [-0.2, 0) is 4.79 Å². The summed E-state index contributed by atoms with van der Waals surface area (Å²) >= 11 is 5.94. The van der Waals surface area contributed by atoms with Crippen molar-refractivity contribution in [3.05, 3.63) is 38.9 Å². The van der Waals surface area contributed by atoms with Crippen LogP contribution in [0.15, 0.2) is 18.2 Å². The van der Waals surface area contributed by atoms with Crippen LogP contribution in [0, 0.1) is 15.5 Å². The second-order valence-electron chi connectivity index (χ2n) is 6.88. The van der Waals surface area contributed by atoms with Crippen LogP contribution < -0.4 is 10.6 Å². The number of amides is 2. The molecule has 8 nitrogen and oxygen atoms in total. The Hall–Kier alpha value is -2.19. The molecule has 140 valence electrons. The highest BCUT2D eigenvalue weighted by Gasteiger charge is 2.38. The van der Waals surface area contributed by atoms with Gasteiger partial charge in [-0.25, -0.2) is 0 Å². The molecule has 2 saturated heterocycles. The molecular formula is C17H21ClN4O4. The highest BCUT2D eigenvalue weighted by molar-refractivity contribution is 6.34. The molecule has 1 aromatic carbocycles. The third-order valence-electron chi connectivity index (χ3n) is 5.32. The normalized spacial score (nSPS) is 18.7. The first-order valence-electron chi connectivity index (χ1n) is 8.61. The van der Waals surface area contributed by atoms with Gasteiger partial charge in [0.2, 0.25) is 5.91 Å². The monoisotopic (exact) mass is 380 g/mol. The number of hydrogen-bond acceptors (Lipinski definition) is 5. The van der Waals surface area contributed by atoms with Crippen molar-refractivity contribution in [2.75, 3.05) is 32.7 Å². The molecule has 2 amide bonds. The van der Waals surface area contributed by atoms with Gasteiger partial charge in [0.15, 0.2) is 0 Å². The molecule has 0 radical (unpaired) electrons.